The molecular formula is C22H26N2. The third kappa shape index (κ3) is 5.48. The van der Waals surface area contributed by atoms with Crippen LogP contribution in [0.3, 0.4) is 0 Å². The molecule has 2 aromatic rings. The minimum atomic E-state index is 0.903. The quantitative estimate of drug-likeness (QED) is 0.756. The summed E-state index contributed by atoms with van der Waals surface area (Å²) in [5, 5.41) is 7.01. The lowest BCUT2D eigenvalue weighted by atomic mass is 10.1. The highest BCUT2D eigenvalue weighted by Crippen LogP contribution is 2.09. The van der Waals surface area contributed by atoms with E-state index in [1.165, 1.54) is 35.1 Å². The molecule has 1 aliphatic rings. The molecule has 1 aliphatic carbocycles. The highest BCUT2D eigenvalue weighted by Gasteiger charge is 1.99. The summed E-state index contributed by atoms with van der Waals surface area (Å²) >= 11 is 0. The normalized spacial score (nSPS) is 13.8. The fourth-order valence-electron chi connectivity index (χ4n) is 2.87. The Bertz CT molecular complexity index is 669. The minimum absolute atomic E-state index is 0.903. The summed E-state index contributed by atoms with van der Waals surface area (Å²) in [7, 11) is 0. The van der Waals surface area contributed by atoms with Gasteiger partial charge in [-0.1, -0.05) is 72.8 Å². The number of hydrogen-bond acceptors (Lipinski definition) is 2. The maximum atomic E-state index is 3.52. The van der Waals surface area contributed by atoms with Gasteiger partial charge in [0.05, 0.1) is 0 Å². The molecule has 0 bridgehead atoms. The zero-order valence-electron chi connectivity index (χ0n) is 14.2. The van der Waals surface area contributed by atoms with Crippen molar-refractivity contribution in [2.75, 3.05) is 6.54 Å². The molecule has 0 radical (unpaired) electrons. The van der Waals surface area contributed by atoms with Crippen LogP contribution in [0, 0.1) is 0 Å². The number of benzene rings is 2. The van der Waals surface area contributed by atoms with E-state index >= 15 is 0 Å². The van der Waals surface area contributed by atoms with E-state index in [-0.39, 0.29) is 0 Å². The topological polar surface area (TPSA) is 24.1 Å². The smallest absolute Gasteiger partial charge is 0.0208 e. The van der Waals surface area contributed by atoms with Crippen molar-refractivity contribution in [3.05, 3.63) is 95.1 Å². The third-order valence-corrected chi connectivity index (χ3v) is 4.25. The second-order valence-corrected chi connectivity index (χ2v) is 6.27. The Morgan fingerprint density at radius 3 is 1.79 bits per heavy atom. The van der Waals surface area contributed by atoms with Gasteiger partial charge in [-0.25, -0.2) is 0 Å². The van der Waals surface area contributed by atoms with E-state index in [4.69, 9.17) is 0 Å². The van der Waals surface area contributed by atoms with Crippen LogP contribution in [-0.4, -0.2) is 6.54 Å². The largest absolute Gasteiger partial charge is 0.309 e. The molecule has 0 heterocycles. The first-order valence-corrected chi connectivity index (χ1v) is 8.79. The van der Waals surface area contributed by atoms with Crippen LogP contribution < -0.4 is 10.6 Å². The van der Waals surface area contributed by atoms with E-state index in [1.54, 1.807) is 0 Å². The van der Waals surface area contributed by atoms with Crippen molar-refractivity contribution in [2.45, 2.75) is 32.5 Å². The van der Waals surface area contributed by atoms with Crippen molar-refractivity contribution in [1.82, 2.24) is 10.6 Å². The van der Waals surface area contributed by atoms with Crippen molar-refractivity contribution in [2.24, 2.45) is 0 Å². The van der Waals surface area contributed by atoms with Gasteiger partial charge < -0.3 is 10.6 Å². The summed E-state index contributed by atoms with van der Waals surface area (Å²) in [4.78, 5) is 0. The Labute approximate surface area is 145 Å². The van der Waals surface area contributed by atoms with Crippen LogP contribution in [-0.2, 0) is 19.6 Å². The summed E-state index contributed by atoms with van der Waals surface area (Å²) in [6, 6.07) is 19.4. The van der Waals surface area contributed by atoms with E-state index in [2.05, 4.69) is 83.5 Å². The summed E-state index contributed by atoms with van der Waals surface area (Å²) in [5.41, 5.74) is 5.39. The molecule has 0 spiro atoms. The maximum absolute atomic E-state index is 3.52. The summed E-state index contributed by atoms with van der Waals surface area (Å²) in [5.74, 6) is 0. The predicted molar refractivity (Wildman–Crippen MR) is 102 cm³/mol. The van der Waals surface area contributed by atoms with Gasteiger partial charge in [0.2, 0.25) is 0 Å². The van der Waals surface area contributed by atoms with Crippen LogP contribution >= 0.6 is 0 Å². The average molecular weight is 318 g/mol. The average Bonchev–Trinajstić information content (AvgIpc) is 2.65. The number of hydrogen-bond donors (Lipinski definition) is 2. The Balaban J connectivity index is 1.38. The van der Waals surface area contributed by atoms with Gasteiger partial charge in [0.1, 0.15) is 0 Å². The molecule has 0 aliphatic heterocycles. The van der Waals surface area contributed by atoms with Crippen LogP contribution in [0.15, 0.2) is 78.4 Å². The lowest BCUT2D eigenvalue weighted by Crippen LogP contribution is -2.16. The van der Waals surface area contributed by atoms with Crippen LogP contribution in [0.2, 0.25) is 0 Å². The highest BCUT2D eigenvalue weighted by atomic mass is 14.9. The zero-order valence-corrected chi connectivity index (χ0v) is 14.2. The predicted octanol–water partition coefficient (Wildman–Crippen LogP) is 4.34. The minimum Gasteiger partial charge on any atom is -0.309 e. The molecule has 0 aromatic heterocycles. The van der Waals surface area contributed by atoms with E-state index in [1.807, 2.05) is 0 Å². The van der Waals surface area contributed by atoms with Gasteiger partial charge >= 0.3 is 0 Å². The van der Waals surface area contributed by atoms with Crippen LogP contribution in [0.1, 0.15) is 29.5 Å². The van der Waals surface area contributed by atoms with E-state index < -0.39 is 0 Å². The van der Waals surface area contributed by atoms with Crippen LogP contribution in [0.5, 0.6) is 0 Å². The molecule has 0 unspecified atom stereocenters. The molecule has 2 heteroatoms. The Hall–Kier alpha value is -2.16. The molecule has 0 amide bonds. The molecule has 3 rings (SSSR count). The van der Waals surface area contributed by atoms with Crippen molar-refractivity contribution >= 4 is 0 Å². The Morgan fingerprint density at radius 2 is 1.21 bits per heavy atom. The number of rotatable bonds is 8. The van der Waals surface area contributed by atoms with Gasteiger partial charge in [0.25, 0.3) is 0 Å². The van der Waals surface area contributed by atoms with E-state index in [0.717, 1.165) is 26.2 Å². The van der Waals surface area contributed by atoms with Crippen LogP contribution in [0.4, 0.5) is 0 Å². The number of allylic oxidation sites excluding steroid dienone is 2. The van der Waals surface area contributed by atoms with Gasteiger partial charge in [-0.15, -0.1) is 0 Å². The lowest BCUT2D eigenvalue weighted by Gasteiger charge is -2.10. The van der Waals surface area contributed by atoms with Crippen LogP contribution in [0.25, 0.3) is 0 Å². The first-order chi connectivity index (χ1) is 11.9. The summed E-state index contributed by atoms with van der Waals surface area (Å²) < 4.78 is 0. The molecule has 2 aromatic carbocycles. The van der Waals surface area contributed by atoms with Gasteiger partial charge in [-0.3, -0.25) is 0 Å². The Morgan fingerprint density at radius 1 is 0.625 bits per heavy atom. The van der Waals surface area contributed by atoms with Crippen molar-refractivity contribution in [1.29, 1.82) is 0 Å². The summed E-state index contributed by atoms with van der Waals surface area (Å²) in [6.45, 7) is 3.69. The van der Waals surface area contributed by atoms with E-state index in [0.29, 0.717) is 0 Å². The van der Waals surface area contributed by atoms with Crippen molar-refractivity contribution < 1.29 is 0 Å². The first-order valence-electron chi connectivity index (χ1n) is 8.79. The van der Waals surface area contributed by atoms with E-state index in [9.17, 15) is 0 Å². The fourth-order valence-corrected chi connectivity index (χ4v) is 2.87. The first kappa shape index (κ1) is 16.7. The maximum Gasteiger partial charge on any atom is 0.0208 e. The summed E-state index contributed by atoms with van der Waals surface area (Å²) in [6.07, 6.45) is 9.18. The number of nitrogens with one attached hydrogen (secondary N) is 2. The monoisotopic (exact) mass is 318 g/mol. The highest BCUT2D eigenvalue weighted by molar-refractivity contribution is 5.25. The molecule has 0 saturated carbocycles. The van der Waals surface area contributed by atoms with Gasteiger partial charge in [-0.2, -0.15) is 0 Å². The SMILES string of the molecule is C1=CC(CNCc2ccc(CNCc3ccccc3)cc2)=CCC1. The molecule has 0 saturated heterocycles. The van der Waals surface area contributed by atoms with Gasteiger partial charge in [0, 0.05) is 26.2 Å². The molecule has 124 valence electrons. The molecular weight excluding hydrogens is 292 g/mol. The molecule has 0 fully saturated rings. The molecule has 24 heavy (non-hydrogen) atoms. The Kier molecular flexibility index (Phi) is 6.41. The second kappa shape index (κ2) is 9.21. The van der Waals surface area contributed by atoms with Crippen molar-refractivity contribution in [3.8, 4) is 0 Å². The third-order valence-electron chi connectivity index (χ3n) is 4.25. The second-order valence-electron chi connectivity index (χ2n) is 6.27. The van der Waals surface area contributed by atoms with Gasteiger partial charge in [-0.05, 0) is 35.1 Å². The van der Waals surface area contributed by atoms with Crippen molar-refractivity contribution in [3.63, 3.8) is 0 Å². The molecule has 2 N–H and O–H groups in total. The zero-order chi connectivity index (χ0) is 16.5. The lowest BCUT2D eigenvalue weighted by molar-refractivity contribution is 0.692. The molecule has 2 nitrogen and oxygen atoms in total. The fraction of sp³-hybridized carbons (Fsp3) is 0.273. The molecule has 0 atom stereocenters. The van der Waals surface area contributed by atoms with Gasteiger partial charge in [0.15, 0.2) is 0 Å². The standard InChI is InChI=1S/C22H26N2/c1-3-7-19(8-4-1)15-23-17-21-11-13-22(14-12-21)18-24-16-20-9-5-2-6-10-20/h1,3-5,7-14,23-24H,2,6,15-18H2.